The number of hydrogen-bond donors (Lipinski definition) is 0. The molecule has 1 aliphatic heterocycles. The number of ketones is 1. The van der Waals surface area contributed by atoms with Gasteiger partial charge in [0, 0.05) is 28.5 Å². The maximum atomic E-state index is 12.9. The standard InChI is InChI=1S/C20H19ClOS/c1-20(2)8-13-7-14-10-23-11-16(14)18(19(13)17(22)9-20)12-3-5-15(21)6-4-12/h3-7H,8-11H2,1-2H3. The predicted molar refractivity (Wildman–Crippen MR) is 98.3 cm³/mol. The van der Waals surface area contributed by atoms with E-state index in [1.54, 1.807) is 0 Å². The van der Waals surface area contributed by atoms with Gasteiger partial charge >= 0.3 is 0 Å². The maximum Gasteiger partial charge on any atom is 0.164 e. The van der Waals surface area contributed by atoms with Crippen molar-refractivity contribution in [3.8, 4) is 11.1 Å². The van der Waals surface area contributed by atoms with Crippen molar-refractivity contribution in [2.24, 2.45) is 5.41 Å². The monoisotopic (exact) mass is 342 g/mol. The molecule has 0 amide bonds. The molecule has 2 aromatic carbocycles. The van der Waals surface area contributed by atoms with Crippen LogP contribution in [-0.2, 0) is 17.9 Å². The van der Waals surface area contributed by atoms with E-state index in [-0.39, 0.29) is 5.41 Å². The Bertz CT molecular complexity index is 805. The minimum absolute atomic E-state index is 0.0569. The number of carbonyl (C=O) groups excluding carboxylic acids is 1. The maximum absolute atomic E-state index is 12.9. The summed E-state index contributed by atoms with van der Waals surface area (Å²) in [6, 6.07) is 10.2. The molecule has 1 aliphatic carbocycles. The lowest BCUT2D eigenvalue weighted by atomic mass is 9.71. The highest BCUT2D eigenvalue weighted by atomic mass is 35.5. The lowest BCUT2D eigenvalue weighted by Gasteiger charge is -2.32. The number of halogens is 1. The highest BCUT2D eigenvalue weighted by Crippen LogP contribution is 2.45. The number of fused-ring (bicyclic) bond motifs is 2. The second kappa shape index (κ2) is 5.39. The van der Waals surface area contributed by atoms with Crippen molar-refractivity contribution >= 4 is 29.1 Å². The molecule has 0 atom stereocenters. The van der Waals surface area contributed by atoms with Crippen LogP contribution in [0.4, 0.5) is 0 Å². The summed E-state index contributed by atoms with van der Waals surface area (Å²) in [5.41, 5.74) is 7.30. The van der Waals surface area contributed by atoms with Gasteiger partial charge in [-0.25, -0.2) is 0 Å². The fourth-order valence-corrected chi connectivity index (χ4v) is 5.13. The number of thioether (sulfide) groups is 1. The first-order valence-electron chi connectivity index (χ1n) is 7.99. The van der Waals surface area contributed by atoms with Crippen LogP contribution in [0.2, 0.25) is 5.02 Å². The lowest BCUT2D eigenvalue weighted by Crippen LogP contribution is -2.28. The molecule has 23 heavy (non-hydrogen) atoms. The third kappa shape index (κ3) is 2.62. The third-order valence-corrected chi connectivity index (χ3v) is 6.09. The molecule has 4 rings (SSSR count). The van der Waals surface area contributed by atoms with E-state index in [0.717, 1.165) is 34.1 Å². The van der Waals surface area contributed by atoms with Gasteiger partial charge in [0.1, 0.15) is 0 Å². The first kappa shape index (κ1) is 15.3. The molecule has 0 fully saturated rings. The zero-order chi connectivity index (χ0) is 16.2. The van der Waals surface area contributed by atoms with Crippen LogP contribution < -0.4 is 0 Å². The molecule has 0 radical (unpaired) electrons. The van der Waals surface area contributed by atoms with E-state index in [1.807, 2.05) is 36.0 Å². The Morgan fingerprint density at radius 2 is 1.74 bits per heavy atom. The van der Waals surface area contributed by atoms with Gasteiger partial charge in [-0.3, -0.25) is 4.79 Å². The minimum atomic E-state index is 0.0569. The van der Waals surface area contributed by atoms with E-state index >= 15 is 0 Å². The summed E-state index contributed by atoms with van der Waals surface area (Å²) in [5, 5.41) is 0.733. The van der Waals surface area contributed by atoms with Gasteiger partial charge in [0.05, 0.1) is 0 Å². The van der Waals surface area contributed by atoms with Crippen LogP contribution in [0, 0.1) is 5.41 Å². The van der Waals surface area contributed by atoms with Crippen LogP contribution in [0.1, 0.15) is 47.3 Å². The molecule has 0 aromatic heterocycles. The number of Topliss-reactive ketones (excluding diaryl/α,β-unsaturated/α-hetero) is 1. The fourth-order valence-electron chi connectivity index (χ4n) is 3.89. The van der Waals surface area contributed by atoms with Gasteiger partial charge in [0.25, 0.3) is 0 Å². The normalized spacial score (nSPS) is 18.7. The summed E-state index contributed by atoms with van der Waals surface area (Å²) in [4.78, 5) is 12.9. The quantitative estimate of drug-likeness (QED) is 0.641. The van der Waals surface area contributed by atoms with Crippen LogP contribution in [0.5, 0.6) is 0 Å². The SMILES string of the molecule is CC1(C)CC(=O)c2c(cc3c(c2-c2ccc(Cl)cc2)CSC3)C1. The Hall–Kier alpha value is -1.25. The zero-order valence-electron chi connectivity index (χ0n) is 13.4. The minimum Gasteiger partial charge on any atom is -0.294 e. The van der Waals surface area contributed by atoms with Gasteiger partial charge in [-0.2, -0.15) is 11.8 Å². The zero-order valence-corrected chi connectivity index (χ0v) is 15.0. The van der Waals surface area contributed by atoms with Crippen molar-refractivity contribution in [3.63, 3.8) is 0 Å². The molecule has 2 aromatic rings. The molecule has 0 N–H and O–H groups in total. The Labute approximate surface area is 146 Å². The third-order valence-electron chi connectivity index (χ3n) is 4.83. The molecule has 2 aliphatic rings. The average Bonchev–Trinajstić information content (AvgIpc) is 2.92. The lowest BCUT2D eigenvalue weighted by molar-refractivity contribution is 0.0913. The number of benzene rings is 2. The average molecular weight is 343 g/mol. The predicted octanol–water partition coefficient (Wildman–Crippen LogP) is 5.91. The van der Waals surface area contributed by atoms with Crippen LogP contribution in [0.3, 0.4) is 0 Å². The van der Waals surface area contributed by atoms with E-state index in [4.69, 9.17) is 11.6 Å². The fraction of sp³-hybridized carbons (Fsp3) is 0.350. The molecule has 0 saturated heterocycles. The van der Waals surface area contributed by atoms with Crippen molar-refractivity contribution in [3.05, 3.63) is 57.6 Å². The number of carbonyl (C=O) groups is 1. The Morgan fingerprint density at radius 1 is 1.00 bits per heavy atom. The first-order chi connectivity index (χ1) is 10.9. The molecule has 0 saturated carbocycles. The molecule has 0 unspecified atom stereocenters. The van der Waals surface area contributed by atoms with Crippen LogP contribution >= 0.6 is 23.4 Å². The van der Waals surface area contributed by atoms with Gasteiger partial charge in [-0.15, -0.1) is 0 Å². The van der Waals surface area contributed by atoms with Gasteiger partial charge in [-0.05, 0) is 51.8 Å². The van der Waals surface area contributed by atoms with Crippen molar-refractivity contribution in [2.45, 2.75) is 38.2 Å². The summed E-state index contributed by atoms with van der Waals surface area (Å²) < 4.78 is 0. The van der Waals surface area contributed by atoms with E-state index in [0.29, 0.717) is 12.2 Å². The Morgan fingerprint density at radius 3 is 2.48 bits per heavy atom. The molecular formula is C20H19ClOS. The van der Waals surface area contributed by atoms with E-state index in [2.05, 4.69) is 19.9 Å². The second-order valence-corrected chi connectivity index (χ2v) is 8.79. The highest BCUT2D eigenvalue weighted by molar-refractivity contribution is 7.98. The Kier molecular flexibility index (Phi) is 3.58. The summed E-state index contributed by atoms with van der Waals surface area (Å²) in [7, 11) is 0. The molecule has 3 heteroatoms. The molecule has 0 bridgehead atoms. The largest absolute Gasteiger partial charge is 0.294 e. The molecular weight excluding hydrogens is 324 g/mol. The van der Waals surface area contributed by atoms with Crippen LogP contribution in [-0.4, -0.2) is 5.78 Å². The molecule has 118 valence electrons. The number of rotatable bonds is 1. The van der Waals surface area contributed by atoms with Crippen molar-refractivity contribution in [1.82, 2.24) is 0 Å². The van der Waals surface area contributed by atoms with Gasteiger partial charge in [-0.1, -0.05) is 43.6 Å². The van der Waals surface area contributed by atoms with Gasteiger partial charge in [0.2, 0.25) is 0 Å². The van der Waals surface area contributed by atoms with Crippen LogP contribution in [0.25, 0.3) is 11.1 Å². The van der Waals surface area contributed by atoms with Crippen molar-refractivity contribution in [1.29, 1.82) is 0 Å². The summed E-state index contributed by atoms with van der Waals surface area (Å²) >= 11 is 7.99. The molecule has 1 heterocycles. The van der Waals surface area contributed by atoms with Crippen molar-refractivity contribution in [2.75, 3.05) is 0 Å². The van der Waals surface area contributed by atoms with E-state index in [9.17, 15) is 4.79 Å². The number of hydrogen-bond acceptors (Lipinski definition) is 2. The molecule has 1 nitrogen and oxygen atoms in total. The Balaban J connectivity index is 2.00. The first-order valence-corrected chi connectivity index (χ1v) is 9.52. The highest BCUT2D eigenvalue weighted by Gasteiger charge is 2.35. The summed E-state index contributed by atoms with van der Waals surface area (Å²) in [5.74, 6) is 2.34. The van der Waals surface area contributed by atoms with Crippen LogP contribution in [0.15, 0.2) is 30.3 Å². The van der Waals surface area contributed by atoms with Gasteiger partial charge < -0.3 is 0 Å². The van der Waals surface area contributed by atoms with E-state index in [1.165, 1.54) is 22.3 Å². The van der Waals surface area contributed by atoms with E-state index < -0.39 is 0 Å². The summed E-state index contributed by atoms with van der Waals surface area (Å²) in [6.07, 6.45) is 1.61. The smallest absolute Gasteiger partial charge is 0.164 e. The topological polar surface area (TPSA) is 17.1 Å². The van der Waals surface area contributed by atoms with Gasteiger partial charge in [0.15, 0.2) is 5.78 Å². The molecule has 0 spiro atoms. The second-order valence-electron chi connectivity index (χ2n) is 7.36. The van der Waals surface area contributed by atoms with Crippen molar-refractivity contribution < 1.29 is 4.79 Å². The summed E-state index contributed by atoms with van der Waals surface area (Å²) in [6.45, 7) is 4.38.